The lowest BCUT2D eigenvalue weighted by molar-refractivity contribution is -0.385. The molecule has 1 N–H and O–H groups in total. The number of benzene rings is 1. The van der Waals surface area contributed by atoms with Gasteiger partial charge in [-0.05, 0) is 43.6 Å². The lowest BCUT2D eigenvalue weighted by Gasteiger charge is -2.18. The summed E-state index contributed by atoms with van der Waals surface area (Å²) in [5.74, 6) is 0.775. The van der Waals surface area contributed by atoms with Crippen LogP contribution in [-0.2, 0) is 0 Å². The Kier molecular flexibility index (Phi) is 2.69. The molecule has 0 saturated heterocycles. The van der Waals surface area contributed by atoms with Crippen LogP contribution in [0.2, 0.25) is 0 Å². The second kappa shape index (κ2) is 4.23. The molecule has 2 fully saturated rings. The topological polar surface area (TPSA) is 55.2 Å². The zero-order chi connectivity index (χ0) is 12.7. The maximum Gasteiger partial charge on any atom is 0.274 e. The van der Waals surface area contributed by atoms with Gasteiger partial charge in [0.1, 0.15) is 5.82 Å². The molecule has 0 amide bonds. The quantitative estimate of drug-likeness (QED) is 0.644. The molecule has 2 saturated carbocycles. The van der Waals surface area contributed by atoms with Gasteiger partial charge in [-0.1, -0.05) is 0 Å². The Balaban J connectivity index is 1.80. The Bertz CT molecular complexity index is 472. The monoisotopic (exact) mass is 250 g/mol. The van der Waals surface area contributed by atoms with Crippen molar-refractivity contribution in [3.05, 3.63) is 34.1 Å². The van der Waals surface area contributed by atoms with Crippen LogP contribution in [0.5, 0.6) is 0 Å². The Morgan fingerprint density at radius 1 is 1.22 bits per heavy atom. The second-order valence-electron chi connectivity index (χ2n) is 5.30. The van der Waals surface area contributed by atoms with Crippen molar-refractivity contribution in [3.8, 4) is 0 Å². The third kappa shape index (κ3) is 2.44. The van der Waals surface area contributed by atoms with Gasteiger partial charge in [-0.3, -0.25) is 10.1 Å². The molecule has 5 heteroatoms. The molecular formula is C13H15FN2O2. The van der Waals surface area contributed by atoms with E-state index in [9.17, 15) is 14.5 Å². The van der Waals surface area contributed by atoms with Crippen molar-refractivity contribution in [1.29, 1.82) is 0 Å². The summed E-state index contributed by atoms with van der Waals surface area (Å²) in [6, 6.07) is 4.08. The van der Waals surface area contributed by atoms with E-state index in [1.807, 2.05) is 0 Å². The number of hydrogen-bond donors (Lipinski definition) is 1. The highest BCUT2D eigenvalue weighted by Crippen LogP contribution is 2.46. The van der Waals surface area contributed by atoms with Gasteiger partial charge in [0.05, 0.1) is 11.0 Å². The molecule has 18 heavy (non-hydrogen) atoms. The fourth-order valence-corrected chi connectivity index (χ4v) is 2.49. The number of nitrogens with zero attached hydrogens (tertiary/aromatic N) is 1. The second-order valence-corrected chi connectivity index (χ2v) is 5.30. The van der Waals surface area contributed by atoms with E-state index in [0.29, 0.717) is 23.6 Å². The van der Waals surface area contributed by atoms with Crippen LogP contribution < -0.4 is 5.32 Å². The Labute approximate surface area is 104 Å². The zero-order valence-electron chi connectivity index (χ0n) is 9.93. The molecule has 0 radical (unpaired) electrons. The summed E-state index contributed by atoms with van der Waals surface area (Å²) in [5, 5.41) is 14.0. The van der Waals surface area contributed by atoms with Gasteiger partial charge < -0.3 is 5.32 Å². The van der Waals surface area contributed by atoms with E-state index in [1.54, 1.807) is 0 Å². The van der Waals surface area contributed by atoms with Gasteiger partial charge in [0, 0.05) is 17.8 Å². The van der Waals surface area contributed by atoms with E-state index in [2.05, 4.69) is 5.32 Å². The SMILES string of the molecule is O=[N+]([O-])c1cc(F)cc(NC(C2CC2)C2CC2)c1. The molecule has 2 aliphatic carbocycles. The maximum atomic E-state index is 13.3. The van der Waals surface area contributed by atoms with Gasteiger partial charge >= 0.3 is 0 Å². The normalized spacial score (nSPS) is 19.0. The lowest BCUT2D eigenvalue weighted by atomic mass is 10.1. The molecule has 0 aliphatic heterocycles. The average Bonchev–Trinajstić information content (AvgIpc) is 3.16. The standard InChI is InChI=1S/C13H15FN2O2/c14-10-5-11(7-12(6-10)16(17)18)15-13(8-1-2-8)9-3-4-9/h5-9,13,15H,1-4H2. The van der Waals surface area contributed by atoms with Crippen molar-refractivity contribution >= 4 is 11.4 Å². The maximum absolute atomic E-state index is 13.3. The fourth-order valence-electron chi connectivity index (χ4n) is 2.49. The summed E-state index contributed by atoms with van der Waals surface area (Å²) in [5.41, 5.74) is 0.341. The number of nitrogens with one attached hydrogen (secondary N) is 1. The van der Waals surface area contributed by atoms with Crippen LogP contribution in [0.15, 0.2) is 18.2 Å². The van der Waals surface area contributed by atoms with Crippen molar-refractivity contribution in [3.63, 3.8) is 0 Å². The van der Waals surface area contributed by atoms with E-state index in [1.165, 1.54) is 37.8 Å². The van der Waals surface area contributed by atoms with Crippen LogP contribution >= 0.6 is 0 Å². The van der Waals surface area contributed by atoms with E-state index in [4.69, 9.17) is 0 Å². The summed E-state index contributed by atoms with van der Waals surface area (Å²) in [7, 11) is 0. The van der Waals surface area contributed by atoms with Crippen LogP contribution in [0.25, 0.3) is 0 Å². The molecule has 1 aromatic carbocycles. The molecule has 1 aromatic rings. The molecule has 0 bridgehead atoms. The van der Waals surface area contributed by atoms with Crippen molar-refractivity contribution in [2.24, 2.45) is 11.8 Å². The predicted molar refractivity (Wildman–Crippen MR) is 65.9 cm³/mol. The van der Waals surface area contributed by atoms with E-state index >= 15 is 0 Å². The van der Waals surface area contributed by atoms with Crippen molar-refractivity contribution in [1.82, 2.24) is 0 Å². The first-order valence-corrected chi connectivity index (χ1v) is 6.35. The van der Waals surface area contributed by atoms with Gasteiger partial charge in [0.25, 0.3) is 5.69 Å². The summed E-state index contributed by atoms with van der Waals surface area (Å²) in [6.07, 6.45) is 4.86. The summed E-state index contributed by atoms with van der Waals surface area (Å²) in [4.78, 5) is 10.1. The first-order chi connectivity index (χ1) is 8.63. The fraction of sp³-hybridized carbons (Fsp3) is 0.538. The molecule has 4 nitrogen and oxygen atoms in total. The first-order valence-electron chi connectivity index (χ1n) is 6.35. The Morgan fingerprint density at radius 2 is 1.83 bits per heavy atom. The highest BCUT2D eigenvalue weighted by Gasteiger charge is 2.41. The number of nitro benzene ring substituents is 1. The molecule has 2 aliphatic rings. The highest BCUT2D eigenvalue weighted by molar-refractivity contribution is 5.52. The van der Waals surface area contributed by atoms with E-state index in [0.717, 1.165) is 6.07 Å². The largest absolute Gasteiger partial charge is 0.381 e. The number of anilines is 1. The van der Waals surface area contributed by atoms with E-state index < -0.39 is 10.7 Å². The van der Waals surface area contributed by atoms with Crippen LogP contribution in [0.1, 0.15) is 25.7 Å². The number of hydrogen-bond acceptors (Lipinski definition) is 3. The third-order valence-electron chi connectivity index (χ3n) is 3.69. The van der Waals surface area contributed by atoms with Crippen LogP contribution in [0, 0.1) is 27.8 Å². The molecule has 0 spiro atoms. The molecule has 96 valence electrons. The minimum absolute atomic E-state index is 0.192. The van der Waals surface area contributed by atoms with Crippen molar-refractivity contribution in [2.75, 3.05) is 5.32 Å². The first kappa shape index (κ1) is 11.4. The van der Waals surface area contributed by atoms with Gasteiger partial charge in [0.15, 0.2) is 0 Å². The Hall–Kier alpha value is -1.65. The predicted octanol–water partition coefficient (Wildman–Crippen LogP) is 3.33. The molecule has 0 heterocycles. The average molecular weight is 250 g/mol. The molecular weight excluding hydrogens is 235 g/mol. The van der Waals surface area contributed by atoms with Gasteiger partial charge in [-0.2, -0.15) is 0 Å². The number of nitro groups is 1. The van der Waals surface area contributed by atoms with Gasteiger partial charge in [0.2, 0.25) is 0 Å². The number of halogens is 1. The third-order valence-corrected chi connectivity index (χ3v) is 3.69. The van der Waals surface area contributed by atoms with Crippen LogP contribution in [0.3, 0.4) is 0 Å². The van der Waals surface area contributed by atoms with Gasteiger partial charge in [-0.25, -0.2) is 4.39 Å². The molecule has 0 unspecified atom stereocenters. The smallest absolute Gasteiger partial charge is 0.274 e. The van der Waals surface area contributed by atoms with Crippen molar-refractivity contribution < 1.29 is 9.31 Å². The van der Waals surface area contributed by atoms with Gasteiger partial charge in [-0.15, -0.1) is 0 Å². The molecule has 0 atom stereocenters. The highest BCUT2D eigenvalue weighted by atomic mass is 19.1. The summed E-state index contributed by atoms with van der Waals surface area (Å²) < 4.78 is 13.3. The molecule has 3 rings (SSSR count). The summed E-state index contributed by atoms with van der Waals surface area (Å²) in [6.45, 7) is 0. The lowest BCUT2D eigenvalue weighted by Crippen LogP contribution is -2.24. The zero-order valence-corrected chi connectivity index (χ0v) is 9.93. The van der Waals surface area contributed by atoms with Crippen LogP contribution in [-0.4, -0.2) is 11.0 Å². The van der Waals surface area contributed by atoms with Crippen LogP contribution in [0.4, 0.5) is 15.8 Å². The minimum atomic E-state index is -0.558. The minimum Gasteiger partial charge on any atom is -0.381 e. The van der Waals surface area contributed by atoms with Crippen molar-refractivity contribution in [2.45, 2.75) is 31.7 Å². The number of rotatable bonds is 5. The van der Waals surface area contributed by atoms with E-state index in [-0.39, 0.29) is 5.69 Å². The number of non-ortho nitro benzene ring substituents is 1. The molecule has 0 aromatic heterocycles. The Morgan fingerprint density at radius 3 is 2.33 bits per heavy atom. The summed E-state index contributed by atoms with van der Waals surface area (Å²) >= 11 is 0.